The molecule has 0 aliphatic rings. The number of aromatic nitrogens is 2. The summed E-state index contributed by atoms with van der Waals surface area (Å²) in [5.74, 6) is 1.07. The van der Waals surface area contributed by atoms with Crippen LogP contribution in [0.3, 0.4) is 0 Å². The fourth-order valence-electron chi connectivity index (χ4n) is 1.66. The van der Waals surface area contributed by atoms with Crippen molar-refractivity contribution in [3.63, 3.8) is 0 Å². The monoisotopic (exact) mass is 322 g/mol. The van der Waals surface area contributed by atoms with E-state index in [-0.39, 0.29) is 0 Å². The Kier molecular flexibility index (Phi) is 4.34. The summed E-state index contributed by atoms with van der Waals surface area (Å²) in [6.45, 7) is 0.506. The third kappa shape index (κ3) is 3.02. The minimum Gasteiger partial charge on any atom is -0.480 e. The molecule has 0 bridgehead atoms. The minimum atomic E-state index is 0.506. The molecule has 0 unspecified atom stereocenters. The van der Waals surface area contributed by atoms with Crippen molar-refractivity contribution in [2.24, 2.45) is 5.73 Å². The van der Waals surface area contributed by atoms with Gasteiger partial charge in [-0.05, 0) is 33.6 Å². The molecule has 0 aliphatic carbocycles. The maximum atomic E-state index is 5.65. The van der Waals surface area contributed by atoms with Crippen molar-refractivity contribution < 1.29 is 4.74 Å². The molecule has 19 heavy (non-hydrogen) atoms. The van der Waals surface area contributed by atoms with Crippen LogP contribution >= 0.6 is 15.9 Å². The maximum Gasteiger partial charge on any atom is 0.232 e. The highest BCUT2D eigenvalue weighted by Crippen LogP contribution is 2.26. The SMILES string of the molecule is COc1nc(N(C)c2cccc(CN)c2)ncc1Br. The van der Waals surface area contributed by atoms with E-state index in [4.69, 9.17) is 10.5 Å². The molecule has 6 heteroatoms. The Hall–Kier alpha value is -1.66. The Morgan fingerprint density at radius 3 is 2.89 bits per heavy atom. The Bertz CT molecular complexity index is 576. The van der Waals surface area contributed by atoms with E-state index < -0.39 is 0 Å². The second kappa shape index (κ2) is 5.99. The standard InChI is InChI=1S/C13H15BrN4O/c1-18(10-5-3-4-9(6-10)7-15)13-16-8-11(14)12(17-13)19-2/h3-6,8H,7,15H2,1-2H3. The van der Waals surface area contributed by atoms with E-state index >= 15 is 0 Å². The molecule has 0 fully saturated rings. The quantitative estimate of drug-likeness (QED) is 0.936. The van der Waals surface area contributed by atoms with Crippen molar-refractivity contribution in [2.45, 2.75) is 6.54 Å². The van der Waals surface area contributed by atoms with Gasteiger partial charge in [0.2, 0.25) is 11.8 Å². The van der Waals surface area contributed by atoms with Crippen LogP contribution in [0, 0.1) is 0 Å². The molecule has 1 heterocycles. The summed E-state index contributed by atoms with van der Waals surface area (Å²) in [7, 11) is 3.48. The predicted octanol–water partition coefficient (Wildman–Crippen LogP) is 2.47. The zero-order valence-corrected chi connectivity index (χ0v) is 12.4. The van der Waals surface area contributed by atoms with Crippen LogP contribution in [-0.4, -0.2) is 24.1 Å². The summed E-state index contributed by atoms with van der Waals surface area (Å²) in [4.78, 5) is 10.5. The highest BCUT2D eigenvalue weighted by molar-refractivity contribution is 9.10. The molecule has 2 rings (SSSR count). The van der Waals surface area contributed by atoms with Crippen LogP contribution in [0.15, 0.2) is 34.9 Å². The summed E-state index contributed by atoms with van der Waals surface area (Å²) in [6.07, 6.45) is 1.67. The van der Waals surface area contributed by atoms with Crippen molar-refractivity contribution in [3.8, 4) is 5.88 Å². The summed E-state index contributed by atoms with van der Waals surface area (Å²) in [5.41, 5.74) is 7.69. The van der Waals surface area contributed by atoms with E-state index in [0.717, 1.165) is 15.7 Å². The molecule has 0 aliphatic heterocycles. The van der Waals surface area contributed by atoms with Crippen LogP contribution < -0.4 is 15.4 Å². The molecular formula is C13H15BrN4O. The lowest BCUT2D eigenvalue weighted by molar-refractivity contribution is 0.394. The predicted molar refractivity (Wildman–Crippen MR) is 78.7 cm³/mol. The van der Waals surface area contributed by atoms with Gasteiger partial charge in [0.1, 0.15) is 0 Å². The highest BCUT2D eigenvalue weighted by atomic mass is 79.9. The van der Waals surface area contributed by atoms with Crippen LogP contribution in [0.25, 0.3) is 0 Å². The molecule has 2 aromatic rings. The molecule has 0 radical (unpaired) electrons. The average Bonchev–Trinajstić information content (AvgIpc) is 2.47. The number of methoxy groups -OCH3 is 1. The van der Waals surface area contributed by atoms with Crippen LogP contribution in [0.5, 0.6) is 5.88 Å². The van der Waals surface area contributed by atoms with Crippen molar-refractivity contribution >= 4 is 27.6 Å². The lowest BCUT2D eigenvalue weighted by Gasteiger charge is -2.18. The number of halogens is 1. The van der Waals surface area contributed by atoms with Crippen molar-refractivity contribution in [1.29, 1.82) is 0 Å². The van der Waals surface area contributed by atoms with Gasteiger partial charge in [-0.3, -0.25) is 0 Å². The van der Waals surface area contributed by atoms with Gasteiger partial charge in [-0.1, -0.05) is 12.1 Å². The average molecular weight is 323 g/mol. The zero-order chi connectivity index (χ0) is 13.8. The number of rotatable bonds is 4. The molecule has 1 aromatic carbocycles. The first-order valence-corrected chi connectivity index (χ1v) is 6.54. The Morgan fingerprint density at radius 1 is 1.42 bits per heavy atom. The number of hydrogen-bond donors (Lipinski definition) is 1. The van der Waals surface area contributed by atoms with Crippen LogP contribution in [-0.2, 0) is 6.54 Å². The summed E-state index contributed by atoms with van der Waals surface area (Å²) >= 11 is 3.33. The van der Waals surface area contributed by atoms with E-state index in [0.29, 0.717) is 18.4 Å². The molecular weight excluding hydrogens is 308 g/mol. The van der Waals surface area contributed by atoms with Crippen molar-refractivity contribution in [3.05, 3.63) is 40.5 Å². The first kappa shape index (κ1) is 13.8. The molecule has 0 amide bonds. The number of hydrogen-bond acceptors (Lipinski definition) is 5. The first-order chi connectivity index (χ1) is 9.15. The van der Waals surface area contributed by atoms with Gasteiger partial charge in [0, 0.05) is 19.3 Å². The zero-order valence-electron chi connectivity index (χ0n) is 10.8. The third-order valence-electron chi connectivity index (χ3n) is 2.73. The van der Waals surface area contributed by atoms with Gasteiger partial charge >= 0.3 is 0 Å². The smallest absolute Gasteiger partial charge is 0.232 e. The van der Waals surface area contributed by atoms with Gasteiger partial charge in [0.25, 0.3) is 0 Å². The maximum absolute atomic E-state index is 5.65. The molecule has 0 saturated heterocycles. The van der Waals surface area contributed by atoms with Gasteiger partial charge < -0.3 is 15.4 Å². The molecule has 0 saturated carbocycles. The largest absolute Gasteiger partial charge is 0.480 e. The van der Waals surface area contributed by atoms with Crippen LogP contribution in [0.2, 0.25) is 0 Å². The van der Waals surface area contributed by atoms with Crippen LogP contribution in [0.4, 0.5) is 11.6 Å². The van der Waals surface area contributed by atoms with Crippen LogP contribution in [0.1, 0.15) is 5.56 Å². The van der Waals surface area contributed by atoms with Gasteiger partial charge in [0.05, 0.1) is 17.8 Å². The fraction of sp³-hybridized carbons (Fsp3) is 0.231. The number of benzene rings is 1. The van der Waals surface area contributed by atoms with Gasteiger partial charge in [0.15, 0.2) is 0 Å². The van der Waals surface area contributed by atoms with Gasteiger partial charge in [-0.2, -0.15) is 4.98 Å². The normalized spacial score (nSPS) is 10.3. The Balaban J connectivity index is 2.35. The molecule has 1 aromatic heterocycles. The van der Waals surface area contributed by atoms with E-state index in [1.165, 1.54) is 0 Å². The highest BCUT2D eigenvalue weighted by Gasteiger charge is 2.11. The van der Waals surface area contributed by atoms with E-state index in [1.807, 2.05) is 36.2 Å². The number of nitrogens with two attached hydrogens (primary N) is 1. The van der Waals surface area contributed by atoms with E-state index in [1.54, 1.807) is 13.3 Å². The second-order valence-corrected chi connectivity index (χ2v) is 4.81. The molecule has 0 spiro atoms. The number of ether oxygens (including phenoxy) is 1. The second-order valence-electron chi connectivity index (χ2n) is 3.96. The Labute approximate surface area is 120 Å². The fourth-order valence-corrected chi connectivity index (χ4v) is 2.01. The van der Waals surface area contributed by atoms with Crippen molar-refractivity contribution in [1.82, 2.24) is 9.97 Å². The lowest BCUT2D eigenvalue weighted by atomic mass is 10.2. The van der Waals surface area contributed by atoms with E-state index in [2.05, 4.69) is 25.9 Å². The molecule has 100 valence electrons. The molecule has 2 N–H and O–H groups in total. The molecule has 0 atom stereocenters. The summed E-state index contributed by atoms with van der Waals surface area (Å²) in [6, 6.07) is 7.94. The minimum absolute atomic E-state index is 0.506. The lowest BCUT2D eigenvalue weighted by Crippen LogP contribution is -2.14. The Morgan fingerprint density at radius 2 is 2.21 bits per heavy atom. The number of anilines is 2. The third-order valence-corrected chi connectivity index (χ3v) is 3.27. The summed E-state index contributed by atoms with van der Waals surface area (Å²) in [5, 5.41) is 0. The van der Waals surface area contributed by atoms with Gasteiger partial charge in [-0.25, -0.2) is 4.98 Å². The van der Waals surface area contributed by atoms with Crippen molar-refractivity contribution in [2.75, 3.05) is 19.1 Å². The first-order valence-electron chi connectivity index (χ1n) is 5.75. The number of nitrogens with zero attached hydrogens (tertiary/aromatic N) is 3. The summed E-state index contributed by atoms with van der Waals surface area (Å²) < 4.78 is 5.90. The van der Waals surface area contributed by atoms with E-state index in [9.17, 15) is 0 Å². The molecule has 5 nitrogen and oxygen atoms in total. The van der Waals surface area contributed by atoms with Gasteiger partial charge in [-0.15, -0.1) is 0 Å². The topological polar surface area (TPSA) is 64.3 Å².